The zero-order valence-electron chi connectivity index (χ0n) is 23.0. The summed E-state index contributed by atoms with van der Waals surface area (Å²) in [7, 11) is 0. The van der Waals surface area contributed by atoms with Crippen LogP contribution in [0, 0.1) is 11.8 Å². The van der Waals surface area contributed by atoms with Crippen LogP contribution in [-0.4, -0.2) is 70.6 Å². The van der Waals surface area contributed by atoms with Gasteiger partial charge in [0, 0.05) is 13.0 Å². The minimum atomic E-state index is -1.20. The number of aliphatic imine (C=N–C) groups is 1. The largest absolute Gasteiger partial charge is 0.508 e. The van der Waals surface area contributed by atoms with Crippen molar-refractivity contribution in [3.8, 4) is 5.75 Å². The highest BCUT2D eigenvalue weighted by Crippen LogP contribution is 2.13. The molecule has 0 radical (unpaired) electrons. The first-order chi connectivity index (χ1) is 18.2. The van der Waals surface area contributed by atoms with Crippen LogP contribution in [0.4, 0.5) is 0 Å². The number of hydrogen-bond acceptors (Lipinski definition) is 7. The van der Waals surface area contributed by atoms with Gasteiger partial charge in [0.15, 0.2) is 5.96 Å². The van der Waals surface area contributed by atoms with Crippen LogP contribution in [0.15, 0.2) is 29.3 Å². The van der Waals surface area contributed by atoms with Crippen molar-refractivity contribution in [1.82, 2.24) is 16.0 Å². The smallest absolute Gasteiger partial charge is 0.326 e. The third-order valence-electron chi connectivity index (χ3n) is 5.93. The lowest BCUT2D eigenvalue weighted by Gasteiger charge is -2.26. The number of amides is 3. The van der Waals surface area contributed by atoms with Gasteiger partial charge in [-0.2, -0.15) is 0 Å². The van der Waals surface area contributed by atoms with Gasteiger partial charge in [-0.1, -0.05) is 39.8 Å². The number of nitrogens with two attached hydrogens (primary N) is 3. The summed E-state index contributed by atoms with van der Waals surface area (Å²) in [6.07, 6.45) is 0.693. The number of aromatic hydroxyl groups is 1. The lowest BCUT2D eigenvalue weighted by atomic mass is 10.0. The van der Waals surface area contributed by atoms with Gasteiger partial charge in [-0.25, -0.2) is 4.79 Å². The monoisotopic (exact) mass is 549 g/mol. The van der Waals surface area contributed by atoms with Crippen molar-refractivity contribution in [3.05, 3.63) is 29.8 Å². The highest BCUT2D eigenvalue weighted by molar-refractivity contribution is 5.94. The third-order valence-corrected chi connectivity index (χ3v) is 5.93. The van der Waals surface area contributed by atoms with Gasteiger partial charge in [-0.05, 0) is 48.8 Å². The van der Waals surface area contributed by atoms with E-state index < -0.39 is 47.9 Å². The number of carbonyl (C=O) groups is 4. The molecule has 0 saturated heterocycles. The first kappa shape index (κ1) is 33.2. The zero-order chi connectivity index (χ0) is 29.7. The number of phenolic OH excluding ortho intramolecular Hbond substituents is 1. The third kappa shape index (κ3) is 12.5. The minimum Gasteiger partial charge on any atom is -0.508 e. The van der Waals surface area contributed by atoms with E-state index in [4.69, 9.17) is 17.2 Å². The summed E-state index contributed by atoms with van der Waals surface area (Å²) >= 11 is 0. The van der Waals surface area contributed by atoms with Gasteiger partial charge >= 0.3 is 5.97 Å². The molecule has 0 aliphatic rings. The van der Waals surface area contributed by atoms with Crippen LogP contribution in [0.3, 0.4) is 0 Å². The number of guanidine groups is 1. The fraction of sp³-hybridized carbons (Fsp3) is 0.577. The van der Waals surface area contributed by atoms with E-state index >= 15 is 0 Å². The molecule has 13 nitrogen and oxygen atoms in total. The molecule has 0 aliphatic carbocycles. The Hall–Kier alpha value is -3.87. The normalized spacial score (nSPS) is 14.1. The van der Waals surface area contributed by atoms with Gasteiger partial charge in [0.05, 0.1) is 6.04 Å². The molecule has 1 rings (SSSR count). The molecular formula is C26H43N7O6. The Balaban J connectivity index is 3.20. The molecule has 1 aromatic carbocycles. The molecule has 1 aromatic rings. The number of rotatable bonds is 16. The van der Waals surface area contributed by atoms with Crippen LogP contribution in [0.1, 0.15) is 52.5 Å². The van der Waals surface area contributed by atoms with Gasteiger partial charge in [0.1, 0.15) is 23.9 Å². The average molecular weight is 550 g/mol. The van der Waals surface area contributed by atoms with Crippen molar-refractivity contribution in [2.45, 2.75) is 77.5 Å². The standard InChI is InChI=1S/C26H43N7O6/c1-14(2)12-20(25(38)39)33-23(36)19(13-16-7-9-17(34)10-8-16)32-22(35)18(6-5-11-30-26(28)29)31-24(37)21(27)15(3)4/h7-10,14-15,18-21,34H,5-6,11-13,27H2,1-4H3,(H,31,37)(H,32,35)(H,33,36)(H,38,39)(H4,28,29,30). The first-order valence-electron chi connectivity index (χ1n) is 12.9. The van der Waals surface area contributed by atoms with E-state index in [9.17, 15) is 29.4 Å². The van der Waals surface area contributed by atoms with Crippen LogP contribution >= 0.6 is 0 Å². The van der Waals surface area contributed by atoms with Crippen molar-refractivity contribution in [1.29, 1.82) is 0 Å². The molecule has 0 spiro atoms. The maximum Gasteiger partial charge on any atom is 0.326 e. The Labute approximate surface area is 229 Å². The van der Waals surface area contributed by atoms with Crippen LogP contribution in [0.5, 0.6) is 5.75 Å². The highest BCUT2D eigenvalue weighted by atomic mass is 16.4. The predicted molar refractivity (Wildman–Crippen MR) is 147 cm³/mol. The maximum atomic E-state index is 13.4. The SMILES string of the molecule is CC(C)CC(NC(=O)C(Cc1ccc(O)cc1)NC(=O)C(CCCN=C(N)N)NC(=O)C(N)C(C)C)C(=O)O. The van der Waals surface area contributed by atoms with Crippen LogP contribution in [0.2, 0.25) is 0 Å². The predicted octanol–water partition coefficient (Wildman–Crippen LogP) is -0.443. The number of phenols is 1. The molecule has 0 aliphatic heterocycles. The van der Waals surface area contributed by atoms with E-state index in [1.807, 2.05) is 13.8 Å². The number of carboxylic acids is 1. The van der Waals surface area contributed by atoms with E-state index in [2.05, 4.69) is 20.9 Å². The molecule has 0 fully saturated rings. The van der Waals surface area contributed by atoms with E-state index in [0.717, 1.165) is 0 Å². The number of carboxylic acid groups (broad SMARTS) is 1. The van der Waals surface area contributed by atoms with E-state index in [0.29, 0.717) is 12.0 Å². The number of nitrogens with one attached hydrogen (secondary N) is 3. The molecule has 0 aromatic heterocycles. The molecule has 11 N–H and O–H groups in total. The Morgan fingerprint density at radius 1 is 0.872 bits per heavy atom. The van der Waals surface area contributed by atoms with Crippen molar-refractivity contribution < 1.29 is 29.4 Å². The second-order valence-electron chi connectivity index (χ2n) is 10.2. The molecule has 0 heterocycles. The van der Waals surface area contributed by atoms with Crippen LogP contribution < -0.4 is 33.2 Å². The molecule has 3 amide bonds. The molecule has 4 atom stereocenters. The zero-order valence-corrected chi connectivity index (χ0v) is 23.0. The average Bonchev–Trinajstić information content (AvgIpc) is 2.84. The summed E-state index contributed by atoms with van der Waals surface area (Å²) in [5, 5.41) is 27.0. The summed E-state index contributed by atoms with van der Waals surface area (Å²) in [4.78, 5) is 54.9. The molecule has 0 bridgehead atoms. The second kappa shape index (κ2) is 16.2. The number of nitrogens with zero attached hydrogens (tertiary/aromatic N) is 1. The first-order valence-corrected chi connectivity index (χ1v) is 12.9. The summed E-state index contributed by atoms with van der Waals surface area (Å²) in [6, 6.07) is 1.79. The molecule has 218 valence electrons. The Morgan fingerprint density at radius 2 is 1.41 bits per heavy atom. The van der Waals surface area contributed by atoms with Gasteiger partial charge in [-0.3, -0.25) is 19.4 Å². The molecule has 4 unspecified atom stereocenters. The summed E-state index contributed by atoms with van der Waals surface area (Å²) in [5.74, 6) is -3.36. The summed E-state index contributed by atoms with van der Waals surface area (Å²) < 4.78 is 0. The molecule has 39 heavy (non-hydrogen) atoms. The lowest BCUT2D eigenvalue weighted by Crippen LogP contribution is -2.58. The quantitative estimate of drug-likeness (QED) is 0.0756. The Kier molecular flexibility index (Phi) is 13.7. The lowest BCUT2D eigenvalue weighted by molar-refractivity contribution is -0.142. The van der Waals surface area contributed by atoms with Crippen molar-refractivity contribution in [2.75, 3.05) is 6.54 Å². The Morgan fingerprint density at radius 3 is 1.92 bits per heavy atom. The fourth-order valence-corrected chi connectivity index (χ4v) is 3.66. The summed E-state index contributed by atoms with van der Waals surface area (Å²) in [5.41, 5.74) is 17.3. The second-order valence-corrected chi connectivity index (χ2v) is 10.2. The van der Waals surface area contributed by atoms with Crippen molar-refractivity contribution in [2.24, 2.45) is 34.0 Å². The van der Waals surface area contributed by atoms with Crippen molar-refractivity contribution >= 4 is 29.7 Å². The van der Waals surface area contributed by atoms with Crippen molar-refractivity contribution in [3.63, 3.8) is 0 Å². The van der Waals surface area contributed by atoms with Gasteiger partial charge in [0.2, 0.25) is 17.7 Å². The van der Waals surface area contributed by atoms with E-state index in [1.165, 1.54) is 12.1 Å². The molecular weight excluding hydrogens is 506 g/mol. The summed E-state index contributed by atoms with van der Waals surface area (Å²) in [6.45, 7) is 7.41. The van der Waals surface area contributed by atoms with Gasteiger partial charge < -0.3 is 43.4 Å². The Bertz CT molecular complexity index is 993. The van der Waals surface area contributed by atoms with E-state index in [-0.39, 0.29) is 49.4 Å². The van der Waals surface area contributed by atoms with Gasteiger partial charge in [-0.15, -0.1) is 0 Å². The highest BCUT2D eigenvalue weighted by Gasteiger charge is 2.31. The topological polar surface area (TPSA) is 235 Å². The van der Waals surface area contributed by atoms with Crippen LogP contribution in [-0.2, 0) is 25.6 Å². The van der Waals surface area contributed by atoms with Crippen LogP contribution in [0.25, 0.3) is 0 Å². The fourth-order valence-electron chi connectivity index (χ4n) is 3.66. The molecule has 0 saturated carbocycles. The number of aliphatic carboxylic acids is 1. The minimum absolute atomic E-state index is 0.00600. The van der Waals surface area contributed by atoms with Gasteiger partial charge in [0.25, 0.3) is 0 Å². The number of hydrogen-bond donors (Lipinski definition) is 8. The maximum absolute atomic E-state index is 13.4. The number of benzene rings is 1. The number of carbonyl (C=O) groups excluding carboxylic acids is 3. The molecule has 13 heteroatoms. The van der Waals surface area contributed by atoms with E-state index in [1.54, 1.807) is 26.0 Å².